The Bertz CT molecular complexity index is 1270. The molecule has 34 heavy (non-hydrogen) atoms. The van der Waals surface area contributed by atoms with Crippen molar-refractivity contribution in [1.29, 1.82) is 5.26 Å². The van der Waals surface area contributed by atoms with Crippen molar-refractivity contribution in [3.63, 3.8) is 0 Å². The van der Waals surface area contributed by atoms with E-state index in [-0.39, 0.29) is 23.1 Å². The number of nitrogens with zero attached hydrogens (tertiary/aromatic N) is 2. The number of hydrogen-bond donors (Lipinski definition) is 1. The number of furan rings is 1. The zero-order chi connectivity index (χ0) is 24.1. The van der Waals surface area contributed by atoms with Crippen molar-refractivity contribution in [2.24, 2.45) is 0 Å². The fourth-order valence-corrected chi connectivity index (χ4v) is 4.99. The molecule has 3 aromatic rings. The summed E-state index contributed by atoms with van der Waals surface area (Å²) in [5.74, 6) is 0.343. The van der Waals surface area contributed by atoms with Crippen molar-refractivity contribution in [1.82, 2.24) is 5.32 Å². The van der Waals surface area contributed by atoms with Crippen molar-refractivity contribution in [3.05, 3.63) is 93.9 Å². The van der Waals surface area contributed by atoms with E-state index in [0.29, 0.717) is 28.6 Å². The number of rotatable bonds is 7. The Morgan fingerprint density at radius 3 is 2.62 bits per heavy atom. The SMILES string of the molecule is COc1ccc(N2C(=O)C(Cc3ccccc3Cl)S/C2=C(/C#N)C(=O)NCc2ccco2)cc1. The molecule has 1 fully saturated rings. The highest BCUT2D eigenvalue weighted by Gasteiger charge is 2.41. The van der Waals surface area contributed by atoms with E-state index in [1.54, 1.807) is 49.6 Å². The first kappa shape index (κ1) is 23.5. The summed E-state index contributed by atoms with van der Waals surface area (Å²) in [5, 5.41) is 12.8. The van der Waals surface area contributed by atoms with Crippen molar-refractivity contribution < 1.29 is 18.7 Å². The molecule has 1 aliphatic heterocycles. The van der Waals surface area contributed by atoms with Crippen LogP contribution >= 0.6 is 23.4 Å². The first-order chi connectivity index (χ1) is 16.5. The molecule has 1 saturated heterocycles. The standard InChI is InChI=1S/C25H20ClN3O4S/c1-32-18-10-8-17(9-11-18)29-24(31)22(13-16-5-2-3-7-21(16)26)34-25(29)20(14-27)23(30)28-15-19-6-4-12-33-19/h2-12,22H,13,15H2,1H3,(H,28,30)/b25-20-. The Morgan fingerprint density at radius 2 is 1.97 bits per heavy atom. The van der Waals surface area contributed by atoms with E-state index in [0.717, 1.165) is 5.56 Å². The molecular formula is C25H20ClN3O4S. The molecule has 1 atom stereocenters. The van der Waals surface area contributed by atoms with Gasteiger partial charge in [-0.15, -0.1) is 0 Å². The molecule has 1 aliphatic rings. The van der Waals surface area contributed by atoms with E-state index in [4.69, 9.17) is 20.8 Å². The Kier molecular flexibility index (Phi) is 7.26. The monoisotopic (exact) mass is 493 g/mol. The number of carbonyl (C=O) groups is 2. The summed E-state index contributed by atoms with van der Waals surface area (Å²) in [5.41, 5.74) is 1.19. The van der Waals surface area contributed by atoms with Crippen LogP contribution < -0.4 is 15.0 Å². The van der Waals surface area contributed by atoms with Crippen LogP contribution in [-0.4, -0.2) is 24.2 Å². The quantitative estimate of drug-likeness (QED) is 0.379. The molecule has 4 rings (SSSR count). The minimum absolute atomic E-state index is 0.120. The van der Waals surface area contributed by atoms with Gasteiger partial charge in [-0.05, 0) is 54.4 Å². The fourth-order valence-electron chi connectivity index (χ4n) is 3.49. The van der Waals surface area contributed by atoms with E-state index in [9.17, 15) is 14.9 Å². The van der Waals surface area contributed by atoms with Crippen molar-refractivity contribution in [2.75, 3.05) is 12.0 Å². The van der Waals surface area contributed by atoms with E-state index in [1.165, 1.54) is 22.9 Å². The highest BCUT2D eigenvalue weighted by molar-refractivity contribution is 8.05. The number of ether oxygens (including phenoxy) is 1. The number of amides is 2. The molecule has 0 spiro atoms. The molecule has 1 N–H and O–H groups in total. The maximum Gasteiger partial charge on any atom is 0.265 e. The molecule has 2 amide bonds. The molecule has 1 aromatic heterocycles. The van der Waals surface area contributed by atoms with Gasteiger partial charge >= 0.3 is 0 Å². The predicted octanol–water partition coefficient (Wildman–Crippen LogP) is 4.68. The average Bonchev–Trinajstić information content (AvgIpc) is 3.48. The number of methoxy groups -OCH3 is 1. The number of nitriles is 1. The van der Waals surface area contributed by atoms with Gasteiger partial charge in [-0.3, -0.25) is 14.5 Å². The van der Waals surface area contributed by atoms with Crippen LogP contribution in [0, 0.1) is 11.3 Å². The molecule has 172 valence electrons. The first-order valence-corrected chi connectivity index (χ1v) is 11.6. The molecular weight excluding hydrogens is 474 g/mol. The lowest BCUT2D eigenvalue weighted by Gasteiger charge is -2.19. The maximum atomic E-state index is 13.5. The number of carbonyl (C=O) groups excluding carboxylic acids is 2. The lowest BCUT2D eigenvalue weighted by Crippen LogP contribution is -2.32. The van der Waals surface area contributed by atoms with Crippen LogP contribution in [0.2, 0.25) is 5.02 Å². The van der Waals surface area contributed by atoms with Gasteiger partial charge in [0.05, 0.1) is 25.2 Å². The molecule has 9 heteroatoms. The Balaban J connectivity index is 1.69. The van der Waals surface area contributed by atoms with Crippen molar-refractivity contribution in [2.45, 2.75) is 18.2 Å². The second-order valence-corrected chi connectivity index (χ2v) is 8.93. The Labute approximate surface area is 205 Å². The number of benzene rings is 2. The van der Waals surface area contributed by atoms with Crippen LogP contribution in [0.25, 0.3) is 0 Å². The lowest BCUT2D eigenvalue weighted by atomic mass is 10.1. The summed E-state index contributed by atoms with van der Waals surface area (Å²) in [6, 6.07) is 19.6. The zero-order valence-corrected chi connectivity index (χ0v) is 19.7. The van der Waals surface area contributed by atoms with Gasteiger partial charge in [0, 0.05) is 10.7 Å². The molecule has 0 bridgehead atoms. The van der Waals surface area contributed by atoms with E-state index >= 15 is 0 Å². The van der Waals surface area contributed by atoms with Crippen LogP contribution in [0.4, 0.5) is 5.69 Å². The third-order valence-corrected chi connectivity index (χ3v) is 6.83. The molecule has 7 nitrogen and oxygen atoms in total. The molecule has 1 unspecified atom stereocenters. The highest BCUT2D eigenvalue weighted by atomic mass is 35.5. The number of nitrogens with one attached hydrogen (secondary N) is 1. The highest BCUT2D eigenvalue weighted by Crippen LogP contribution is 2.42. The second-order valence-electron chi connectivity index (χ2n) is 7.33. The number of hydrogen-bond acceptors (Lipinski definition) is 6. The van der Waals surface area contributed by atoms with Crippen LogP contribution in [0.5, 0.6) is 5.75 Å². The Morgan fingerprint density at radius 1 is 1.21 bits per heavy atom. The summed E-state index contributed by atoms with van der Waals surface area (Å²) in [7, 11) is 1.55. The normalized spacial score (nSPS) is 16.8. The van der Waals surface area contributed by atoms with Gasteiger partial charge < -0.3 is 14.5 Å². The van der Waals surface area contributed by atoms with Gasteiger partial charge in [0.1, 0.15) is 28.2 Å². The molecule has 0 radical (unpaired) electrons. The summed E-state index contributed by atoms with van der Waals surface area (Å²) < 4.78 is 10.5. The van der Waals surface area contributed by atoms with E-state index < -0.39 is 11.2 Å². The maximum absolute atomic E-state index is 13.5. The topological polar surface area (TPSA) is 95.6 Å². The van der Waals surface area contributed by atoms with Gasteiger partial charge in [0.2, 0.25) is 5.91 Å². The number of halogens is 1. The minimum atomic E-state index is -0.592. The molecule has 0 saturated carbocycles. The average molecular weight is 494 g/mol. The molecule has 2 heterocycles. The van der Waals surface area contributed by atoms with Gasteiger partial charge in [-0.25, -0.2) is 0 Å². The van der Waals surface area contributed by atoms with Crippen LogP contribution in [0.15, 0.2) is 81.9 Å². The second kappa shape index (κ2) is 10.5. The Hall–Kier alpha value is -3.67. The smallest absolute Gasteiger partial charge is 0.265 e. The predicted molar refractivity (Wildman–Crippen MR) is 130 cm³/mol. The number of anilines is 1. The first-order valence-electron chi connectivity index (χ1n) is 10.3. The number of thioether (sulfide) groups is 1. The third-order valence-electron chi connectivity index (χ3n) is 5.20. The summed E-state index contributed by atoms with van der Waals surface area (Å²) in [6.45, 7) is 0.120. The molecule has 0 aliphatic carbocycles. The van der Waals surface area contributed by atoms with Crippen molar-refractivity contribution >= 4 is 40.9 Å². The van der Waals surface area contributed by atoms with Gasteiger partial charge in [0.15, 0.2) is 0 Å². The summed E-state index contributed by atoms with van der Waals surface area (Å²) >= 11 is 7.50. The van der Waals surface area contributed by atoms with E-state index in [1.807, 2.05) is 24.3 Å². The lowest BCUT2D eigenvalue weighted by molar-refractivity contribution is -0.117. The van der Waals surface area contributed by atoms with Crippen molar-refractivity contribution in [3.8, 4) is 11.8 Å². The van der Waals surface area contributed by atoms with E-state index in [2.05, 4.69) is 5.32 Å². The fraction of sp³-hybridized carbons (Fsp3) is 0.160. The summed E-state index contributed by atoms with van der Waals surface area (Å²) in [4.78, 5) is 27.9. The minimum Gasteiger partial charge on any atom is -0.497 e. The van der Waals surface area contributed by atoms with Crippen LogP contribution in [-0.2, 0) is 22.6 Å². The third kappa shape index (κ3) is 4.96. The van der Waals surface area contributed by atoms with Gasteiger partial charge in [-0.2, -0.15) is 5.26 Å². The van der Waals surface area contributed by atoms with Crippen LogP contribution in [0.1, 0.15) is 11.3 Å². The van der Waals surface area contributed by atoms with Gasteiger partial charge in [0.25, 0.3) is 5.91 Å². The van der Waals surface area contributed by atoms with Crippen LogP contribution in [0.3, 0.4) is 0 Å². The van der Waals surface area contributed by atoms with Gasteiger partial charge in [-0.1, -0.05) is 41.6 Å². The largest absolute Gasteiger partial charge is 0.497 e. The zero-order valence-electron chi connectivity index (χ0n) is 18.2. The summed E-state index contributed by atoms with van der Waals surface area (Å²) in [6.07, 6.45) is 1.85. The molecule has 2 aromatic carbocycles.